The first-order valence-electron chi connectivity index (χ1n) is 6.75. The number of carboxylic acid groups (broad SMARTS) is 1. The minimum absolute atomic E-state index is 0.0290. The SMILES string of the molecule is O=C(O)CC(CNS(=O)(=O)c1ccoc1)Cc1ccccc1. The number of sulfonamides is 1. The lowest BCUT2D eigenvalue weighted by Crippen LogP contribution is -2.31. The highest BCUT2D eigenvalue weighted by molar-refractivity contribution is 7.89. The van der Waals surface area contributed by atoms with Crippen LogP contribution in [0, 0.1) is 5.92 Å². The first-order valence-corrected chi connectivity index (χ1v) is 8.23. The van der Waals surface area contributed by atoms with Gasteiger partial charge in [0.25, 0.3) is 0 Å². The molecular formula is C15H17NO5S. The molecule has 0 aliphatic heterocycles. The predicted molar refractivity (Wildman–Crippen MR) is 79.8 cm³/mol. The lowest BCUT2D eigenvalue weighted by atomic mass is 9.96. The van der Waals surface area contributed by atoms with Crippen molar-refractivity contribution >= 4 is 16.0 Å². The Bertz CT molecular complexity index is 695. The van der Waals surface area contributed by atoms with E-state index in [0.717, 1.165) is 11.8 Å². The molecule has 0 radical (unpaired) electrons. The van der Waals surface area contributed by atoms with Gasteiger partial charge in [0, 0.05) is 13.0 Å². The van der Waals surface area contributed by atoms with Crippen molar-refractivity contribution in [3.05, 3.63) is 54.5 Å². The van der Waals surface area contributed by atoms with Crippen LogP contribution in [0.4, 0.5) is 0 Å². The van der Waals surface area contributed by atoms with Crippen LogP contribution in [0.2, 0.25) is 0 Å². The molecule has 0 aliphatic carbocycles. The molecule has 0 saturated heterocycles. The van der Waals surface area contributed by atoms with Gasteiger partial charge in [-0.1, -0.05) is 30.3 Å². The van der Waals surface area contributed by atoms with E-state index < -0.39 is 16.0 Å². The fraction of sp³-hybridized carbons (Fsp3) is 0.267. The van der Waals surface area contributed by atoms with E-state index in [1.54, 1.807) is 0 Å². The second kappa shape index (κ2) is 7.24. The first-order chi connectivity index (χ1) is 10.5. The molecule has 1 aromatic carbocycles. The molecule has 0 saturated carbocycles. The number of benzene rings is 1. The van der Waals surface area contributed by atoms with Crippen LogP contribution in [0.25, 0.3) is 0 Å². The van der Waals surface area contributed by atoms with Gasteiger partial charge in [-0.2, -0.15) is 0 Å². The van der Waals surface area contributed by atoms with Gasteiger partial charge in [-0.25, -0.2) is 13.1 Å². The highest BCUT2D eigenvalue weighted by Gasteiger charge is 2.20. The number of hydrogen-bond acceptors (Lipinski definition) is 4. The van der Waals surface area contributed by atoms with Gasteiger partial charge >= 0.3 is 5.97 Å². The van der Waals surface area contributed by atoms with E-state index >= 15 is 0 Å². The van der Waals surface area contributed by atoms with Crippen LogP contribution in [-0.2, 0) is 21.2 Å². The van der Waals surface area contributed by atoms with E-state index in [-0.39, 0.29) is 23.8 Å². The fourth-order valence-corrected chi connectivity index (χ4v) is 3.17. The van der Waals surface area contributed by atoms with Crippen molar-refractivity contribution in [3.8, 4) is 0 Å². The number of rotatable bonds is 8. The summed E-state index contributed by atoms with van der Waals surface area (Å²) in [6.45, 7) is 0.0503. The average molecular weight is 323 g/mol. The van der Waals surface area contributed by atoms with Gasteiger partial charge in [-0.05, 0) is 24.0 Å². The molecule has 118 valence electrons. The zero-order valence-electron chi connectivity index (χ0n) is 11.8. The van der Waals surface area contributed by atoms with Gasteiger partial charge in [0.05, 0.1) is 6.26 Å². The third-order valence-electron chi connectivity index (χ3n) is 3.20. The largest absolute Gasteiger partial charge is 0.481 e. The number of furan rings is 1. The Morgan fingerprint density at radius 1 is 1.23 bits per heavy atom. The van der Waals surface area contributed by atoms with Gasteiger partial charge in [-0.15, -0.1) is 0 Å². The molecule has 0 amide bonds. The molecule has 2 aromatic rings. The average Bonchev–Trinajstić information content (AvgIpc) is 3.00. The third-order valence-corrected chi connectivity index (χ3v) is 4.60. The lowest BCUT2D eigenvalue weighted by molar-refractivity contribution is -0.138. The quantitative estimate of drug-likeness (QED) is 0.773. The Balaban J connectivity index is 2.02. The Labute approximate surface area is 128 Å². The Morgan fingerprint density at radius 2 is 1.95 bits per heavy atom. The Morgan fingerprint density at radius 3 is 2.55 bits per heavy atom. The molecule has 22 heavy (non-hydrogen) atoms. The lowest BCUT2D eigenvalue weighted by Gasteiger charge is -2.15. The topological polar surface area (TPSA) is 96.6 Å². The van der Waals surface area contributed by atoms with Gasteiger partial charge < -0.3 is 9.52 Å². The summed E-state index contributed by atoms with van der Waals surface area (Å²) in [7, 11) is -3.68. The number of carboxylic acids is 1. The number of carbonyl (C=O) groups is 1. The molecular weight excluding hydrogens is 306 g/mol. The zero-order valence-corrected chi connectivity index (χ0v) is 12.6. The summed E-state index contributed by atoms with van der Waals surface area (Å²) >= 11 is 0. The van der Waals surface area contributed by atoms with Crippen molar-refractivity contribution in [3.63, 3.8) is 0 Å². The maximum atomic E-state index is 12.0. The molecule has 0 bridgehead atoms. The zero-order chi connectivity index (χ0) is 16.0. The third kappa shape index (κ3) is 4.71. The Kier molecular flexibility index (Phi) is 5.35. The number of nitrogens with one attached hydrogen (secondary N) is 1. The normalized spacial score (nSPS) is 12.9. The fourth-order valence-electron chi connectivity index (χ4n) is 2.13. The van der Waals surface area contributed by atoms with E-state index in [2.05, 4.69) is 4.72 Å². The molecule has 1 heterocycles. The summed E-state index contributed by atoms with van der Waals surface area (Å²) in [5, 5.41) is 8.98. The van der Waals surface area contributed by atoms with Crippen LogP contribution in [0.3, 0.4) is 0 Å². The summed E-state index contributed by atoms with van der Waals surface area (Å²) in [5.74, 6) is -1.29. The van der Waals surface area contributed by atoms with E-state index in [4.69, 9.17) is 9.52 Å². The van der Waals surface area contributed by atoms with Crippen LogP contribution in [0.5, 0.6) is 0 Å². The van der Waals surface area contributed by atoms with Crippen molar-refractivity contribution in [1.29, 1.82) is 0 Å². The van der Waals surface area contributed by atoms with E-state index in [0.29, 0.717) is 6.42 Å². The molecule has 0 spiro atoms. The molecule has 0 fully saturated rings. The van der Waals surface area contributed by atoms with Crippen LogP contribution in [0.15, 0.2) is 58.2 Å². The Hall–Kier alpha value is -2.12. The number of hydrogen-bond donors (Lipinski definition) is 2. The summed E-state index contributed by atoms with van der Waals surface area (Å²) < 4.78 is 31.2. The summed E-state index contributed by atoms with van der Waals surface area (Å²) in [6.07, 6.45) is 2.78. The molecule has 2 rings (SSSR count). The van der Waals surface area contributed by atoms with Crippen molar-refractivity contribution in [2.24, 2.45) is 5.92 Å². The second-order valence-electron chi connectivity index (χ2n) is 4.96. The van der Waals surface area contributed by atoms with Crippen LogP contribution in [0.1, 0.15) is 12.0 Å². The molecule has 0 aliphatic rings. The molecule has 7 heteroatoms. The number of aliphatic carboxylic acids is 1. The predicted octanol–water partition coefficient (Wildman–Crippen LogP) is 1.89. The van der Waals surface area contributed by atoms with Crippen LogP contribution < -0.4 is 4.72 Å². The molecule has 6 nitrogen and oxygen atoms in total. The molecule has 1 atom stereocenters. The summed E-state index contributed by atoms with van der Waals surface area (Å²) in [4.78, 5) is 11.0. The van der Waals surface area contributed by atoms with E-state index in [1.807, 2.05) is 30.3 Å². The van der Waals surface area contributed by atoms with Gasteiger partial charge in [0.1, 0.15) is 11.2 Å². The maximum absolute atomic E-state index is 12.0. The van der Waals surface area contributed by atoms with Gasteiger partial charge in [0.15, 0.2) is 0 Å². The smallest absolute Gasteiger partial charge is 0.303 e. The molecule has 2 N–H and O–H groups in total. The maximum Gasteiger partial charge on any atom is 0.303 e. The van der Waals surface area contributed by atoms with Gasteiger partial charge in [0.2, 0.25) is 10.0 Å². The van der Waals surface area contributed by atoms with Crippen LogP contribution in [-0.4, -0.2) is 26.0 Å². The molecule has 1 unspecified atom stereocenters. The summed E-state index contributed by atoms with van der Waals surface area (Å²) in [5.41, 5.74) is 0.969. The van der Waals surface area contributed by atoms with Crippen LogP contribution >= 0.6 is 0 Å². The van der Waals surface area contributed by atoms with Crippen molar-refractivity contribution in [1.82, 2.24) is 4.72 Å². The van der Waals surface area contributed by atoms with Crippen molar-refractivity contribution < 1.29 is 22.7 Å². The summed E-state index contributed by atoms with van der Waals surface area (Å²) in [6, 6.07) is 10.7. The standard InChI is InChI=1S/C15H17NO5S/c17-15(18)9-13(8-12-4-2-1-3-5-12)10-16-22(19,20)14-6-7-21-11-14/h1-7,11,13,16H,8-10H2,(H,17,18). The molecule has 1 aromatic heterocycles. The second-order valence-corrected chi connectivity index (χ2v) is 6.73. The highest BCUT2D eigenvalue weighted by Crippen LogP contribution is 2.14. The van der Waals surface area contributed by atoms with E-state index in [1.165, 1.54) is 12.3 Å². The van der Waals surface area contributed by atoms with Crippen molar-refractivity contribution in [2.45, 2.75) is 17.7 Å². The highest BCUT2D eigenvalue weighted by atomic mass is 32.2. The van der Waals surface area contributed by atoms with Crippen molar-refractivity contribution in [2.75, 3.05) is 6.54 Å². The van der Waals surface area contributed by atoms with Gasteiger partial charge in [-0.3, -0.25) is 4.79 Å². The minimum atomic E-state index is -3.68. The van der Waals surface area contributed by atoms with E-state index in [9.17, 15) is 13.2 Å². The first kappa shape index (κ1) is 16.3. The monoisotopic (exact) mass is 323 g/mol. The minimum Gasteiger partial charge on any atom is -0.481 e.